The van der Waals surface area contributed by atoms with E-state index in [2.05, 4.69) is 15.2 Å². The summed E-state index contributed by atoms with van der Waals surface area (Å²) in [5.74, 6) is 0.142. The number of hydrogen-bond donors (Lipinski definition) is 1. The highest BCUT2D eigenvalue weighted by atomic mass is 16.7. The quantitative estimate of drug-likeness (QED) is 0.883. The van der Waals surface area contributed by atoms with E-state index in [0.717, 1.165) is 49.0 Å². The minimum absolute atomic E-state index is 0.224. The molecule has 1 spiro atoms. The molecule has 6 nitrogen and oxygen atoms in total. The Morgan fingerprint density at radius 3 is 2.75 bits per heavy atom. The molecule has 0 bridgehead atoms. The Morgan fingerprint density at radius 2 is 2.04 bits per heavy atom. The number of ether oxygens (including phenoxy) is 2. The maximum Gasteiger partial charge on any atom is 0.274 e. The molecule has 1 amide bonds. The summed E-state index contributed by atoms with van der Waals surface area (Å²) >= 11 is 0. The molecule has 1 aromatic heterocycles. The van der Waals surface area contributed by atoms with Gasteiger partial charge in [-0.1, -0.05) is 12.5 Å². The average Bonchev–Trinajstić information content (AvgIpc) is 2.69. The van der Waals surface area contributed by atoms with Gasteiger partial charge in [-0.05, 0) is 43.2 Å². The predicted octanol–water partition coefficient (Wildman–Crippen LogP) is 3.59. The molecule has 2 fully saturated rings. The van der Waals surface area contributed by atoms with Crippen LogP contribution in [0.3, 0.4) is 0 Å². The van der Waals surface area contributed by atoms with Crippen molar-refractivity contribution in [2.75, 3.05) is 18.4 Å². The lowest BCUT2D eigenvalue weighted by molar-refractivity contribution is -0.231. The Bertz CT molecular complexity index is 859. The molecular formula is C22H25N3O3. The average molecular weight is 379 g/mol. The Kier molecular flexibility index (Phi) is 4.53. The van der Waals surface area contributed by atoms with Crippen molar-refractivity contribution in [3.8, 4) is 5.75 Å². The van der Waals surface area contributed by atoms with Crippen molar-refractivity contribution in [2.45, 2.75) is 50.5 Å². The summed E-state index contributed by atoms with van der Waals surface area (Å²) in [4.78, 5) is 19.0. The summed E-state index contributed by atoms with van der Waals surface area (Å²) in [6.07, 6.45) is 7.46. The van der Waals surface area contributed by atoms with Crippen LogP contribution < -0.4 is 10.1 Å². The Labute approximate surface area is 164 Å². The molecule has 0 unspecified atom stereocenters. The second kappa shape index (κ2) is 7.18. The first-order chi connectivity index (χ1) is 13.7. The van der Waals surface area contributed by atoms with Crippen molar-refractivity contribution in [1.29, 1.82) is 0 Å². The van der Waals surface area contributed by atoms with E-state index in [0.29, 0.717) is 12.3 Å². The first kappa shape index (κ1) is 17.6. The van der Waals surface area contributed by atoms with Gasteiger partial charge in [0.2, 0.25) is 5.79 Å². The minimum atomic E-state index is -0.494. The molecule has 1 aliphatic carbocycles. The first-order valence-corrected chi connectivity index (χ1v) is 10.1. The molecule has 28 heavy (non-hydrogen) atoms. The topological polar surface area (TPSA) is 63.7 Å². The monoisotopic (exact) mass is 379 g/mol. The number of carbonyl (C=O) groups excluding carboxylic acids is 1. The number of piperidine rings is 1. The molecular weight excluding hydrogens is 354 g/mol. The van der Waals surface area contributed by atoms with Gasteiger partial charge in [-0.3, -0.25) is 14.7 Å². The van der Waals surface area contributed by atoms with Gasteiger partial charge in [0.15, 0.2) is 0 Å². The van der Waals surface area contributed by atoms with Crippen LogP contribution in [0.2, 0.25) is 0 Å². The third-order valence-electron chi connectivity index (χ3n) is 6.15. The van der Waals surface area contributed by atoms with Crippen LogP contribution in [0, 0.1) is 0 Å². The van der Waals surface area contributed by atoms with Crippen molar-refractivity contribution in [1.82, 2.24) is 9.88 Å². The van der Waals surface area contributed by atoms with Crippen molar-refractivity contribution in [2.24, 2.45) is 0 Å². The highest BCUT2D eigenvalue weighted by Crippen LogP contribution is 2.40. The number of fused-ring (bicyclic) bond motifs is 1. The highest BCUT2D eigenvalue weighted by Gasteiger charge is 2.42. The molecule has 2 aromatic rings. The van der Waals surface area contributed by atoms with Crippen molar-refractivity contribution in [3.05, 3.63) is 53.9 Å². The van der Waals surface area contributed by atoms with E-state index in [1.165, 1.54) is 19.3 Å². The van der Waals surface area contributed by atoms with Crippen molar-refractivity contribution in [3.63, 3.8) is 0 Å². The van der Waals surface area contributed by atoms with Crippen LogP contribution in [0.5, 0.6) is 5.75 Å². The van der Waals surface area contributed by atoms with Gasteiger partial charge in [0.1, 0.15) is 11.4 Å². The van der Waals surface area contributed by atoms with Gasteiger partial charge in [0.05, 0.1) is 6.61 Å². The molecule has 6 heteroatoms. The van der Waals surface area contributed by atoms with Crippen LogP contribution in [0.15, 0.2) is 42.6 Å². The van der Waals surface area contributed by atoms with Gasteiger partial charge >= 0.3 is 0 Å². The fraction of sp³-hybridized carbons (Fsp3) is 0.455. The number of nitrogens with zero attached hydrogens (tertiary/aromatic N) is 2. The van der Waals surface area contributed by atoms with Gasteiger partial charge in [0, 0.05) is 49.4 Å². The standard InChI is InChI=1S/C22H25N3O3/c26-21(19-6-1-2-11-23-19)24-17-7-8-20-16(14-17)15-27-22(28-20)9-12-25(13-10-22)18-4-3-5-18/h1-2,6-8,11,14,18H,3-5,9-10,12-13,15H2,(H,24,26). The highest BCUT2D eigenvalue weighted by molar-refractivity contribution is 6.02. The third-order valence-corrected chi connectivity index (χ3v) is 6.15. The Balaban J connectivity index is 1.24. The zero-order valence-corrected chi connectivity index (χ0v) is 15.9. The smallest absolute Gasteiger partial charge is 0.274 e. The summed E-state index contributed by atoms with van der Waals surface area (Å²) in [7, 11) is 0. The van der Waals surface area contributed by atoms with Crippen LogP contribution in [0.25, 0.3) is 0 Å². The van der Waals surface area contributed by atoms with E-state index in [-0.39, 0.29) is 5.91 Å². The van der Waals surface area contributed by atoms with Gasteiger partial charge in [-0.25, -0.2) is 0 Å². The summed E-state index contributed by atoms with van der Waals surface area (Å²) in [6.45, 7) is 2.59. The number of carbonyl (C=O) groups is 1. The molecule has 3 aliphatic rings. The number of rotatable bonds is 3. The van der Waals surface area contributed by atoms with Gasteiger partial charge in [0.25, 0.3) is 5.91 Å². The summed E-state index contributed by atoms with van der Waals surface area (Å²) < 4.78 is 12.5. The zero-order valence-electron chi connectivity index (χ0n) is 15.9. The van der Waals surface area contributed by atoms with Crippen molar-refractivity contribution < 1.29 is 14.3 Å². The number of aromatic nitrogens is 1. The number of anilines is 1. The van der Waals surface area contributed by atoms with E-state index in [4.69, 9.17) is 9.47 Å². The molecule has 5 rings (SSSR count). The lowest BCUT2D eigenvalue weighted by atomic mass is 9.89. The van der Waals surface area contributed by atoms with E-state index in [1.807, 2.05) is 18.2 Å². The van der Waals surface area contributed by atoms with E-state index >= 15 is 0 Å². The summed E-state index contributed by atoms with van der Waals surface area (Å²) in [6, 6.07) is 11.8. The molecule has 2 aliphatic heterocycles. The van der Waals surface area contributed by atoms with Gasteiger partial charge < -0.3 is 14.8 Å². The van der Waals surface area contributed by atoms with Crippen LogP contribution in [0.1, 0.15) is 48.2 Å². The first-order valence-electron chi connectivity index (χ1n) is 10.1. The number of nitrogens with one attached hydrogen (secondary N) is 1. The summed E-state index contributed by atoms with van der Waals surface area (Å²) in [5, 5.41) is 2.89. The maximum atomic E-state index is 12.3. The number of hydrogen-bond acceptors (Lipinski definition) is 5. The number of benzene rings is 1. The lowest BCUT2D eigenvalue weighted by Crippen LogP contribution is -2.54. The molecule has 3 heterocycles. The van der Waals surface area contributed by atoms with Crippen LogP contribution in [-0.2, 0) is 11.3 Å². The number of pyridine rings is 1. The Morgan fingerprint density at radius 1 is 1.18 bits per heavy atom. The second-order valence-electron chi connectivity index (χ2n) is 7.91. The predicted molar refractivity (Wildman–Crippen MR) is 105 cm³/mol. The van der Waals surface area contributed by atoms with E-state index in [9.17, 15) is 4.79 Å². The second-order valence-corrected chi connectivity index (χ2v) is 7.91. The Hall–Kier alpha value is -2.44. The summed E-state index contributed by atoms with van der Waals surface area (Å²) in [5.41, 5.74) is 2.08. The fourth-order valence-electron chi connectivity index (χ4n) is 4.23. The largest absolute Gasteiger partial charge is 0.462 e. The van der Waals surface area contributed by atoms with Crippen LogP contribution in [-0.4, -0.2) is 40.7 Å². The molecule has 1 aromatic carbocycles. The third kappa shape index (κ3) is 3.38. The molecule has 0 radical (unpaired) electrons. The maximum absolute atomic E-state index is 12.3. The zero-order chi connectivity index (χ0) is 19.0. The van der Waals surface area contributed by atoms with Crippen molar-refractivity contribution >= 4 is 11.6 Å². The lowest BCUT2D eigenvalue weighted by Gasteiger charge is -2.47. The fourth-order valence-corrected chi connectivity index (χ4v) is 4.23. The molecule has 1 saturated heterocycles. The number of likely N-dealkylation sites (tertiary alicyclic amines) is 1. The van der Waals surface area contributed by atoms with E-state index in [1.54, 1.807) is 24.4 Å². The number of amides is 1. The van der Waals surface area contributed by atoms with Gasteiger partial charge in [-0.15, -0.1) is 0 Å². The minimum Gasteiger partial charge on any atom is -0.462 e. The van der Waals surface area contributed by atoms with Crippen LogP contribution >= 0.6 is 0 Å². The van der Waals surface area contributed by atoms with Crippen LogP contribution in [0.4, 0.5) is 5.69 Å². The van der Waals surface area contributed by atoms with E-state index < -0.39 is 5.79 Å². The normalized spacial score (nSPS) is 21.4. The molecule has 1 N–H and O–H groups in total. The van der Waals surface area contributed by atoms with Gasteiger partial charge in [-0.2, -0.15) is 0 Å². The molecule has 146 valence electrons. The SMILES string of the molecule is O=C(Nc1ccc2c(c1)COC1(CCN(C3CCC3)CC1)O2)c1ccccn1. The molecule has 1 saturated carbocycles. The molecule has 0 atom stereocenters.